The molecule has 0 fully saturated rings. The molecule has 0 saturated carbocycles. The van der Waals surface area contributed by atoms with Gasteiger partial charge >= 0.3 is 0 Å². The van der Waals surface area contributed by atoms with Crippen LogP contribution < -0.4 is 4.74 Å². The smallest absolute Gasteiger partial charge is 0.138 e. The summed E-state index contributed by atoms with van der Waals surface area (Å²) >= 11 is 22.1. The number of rotatable bonds is 3. The van der Waals surface area contributed by atoms with Gasteiger partial charge in [-0.1, -0.05) is 29.3 Å². The van der Waals surface area contributed by atoms with E-state index in [9.17, 15) is 0 Å². The van der Waals surface area contributed by atoms with E-state index in [4.69, 9.17) is 39.5 Å². The van der Waals surface area contributed by atoms with Crippen LogP contribution in [-0.2, 0) is 0 Å². The number of hydrogen-bond donors (Lipinski definition) is 0. The molecule has 0 bridgehead atoms. The van der Waals surface area contributed by atoms with Gasteiger partial charge in [-0.15, -0.1) is 11.6 Å². The molecule has 0 aliphatic heterocycles. The molecule has 2 rings (SSSR count). The summed E-state index contributed by atoms with van der Waals surface area (Å²) in [6, 6.07) is 9.23. The van der Waals surface area contributed by atoms with Gasteiger partial charge in [0.25, 0.3) is 0 Å². The van der Waals surface area contributed by atoms with E-state index in [1.54, 1.807) is 13.2 Å². The van der Waals surface area contributed by atoms with Crippen molar-refractivity contribution in [1.82, 2.24) is 0 Å². The van der Waals surface area contributed by atoms with Crippen LogP contribution in [0.25, 0.3) is 0 Å². The first-order valence-electron chi connectivity index (χ1n) is 5.87. The molecular formula is C15H12BrCl3O. The largest absolute Gasteiger partial charge is 0.495 e. The minimum Gasteiger partial charge on any atom is -0.495 e. The lowest BCUT2D eigenvalue weighted by Crippen LogP contribution is -2.00. The van der Waals surface area contributed by atoms with Gasteiger partial charge in [0.1, 0.15) is 5.75 Å². The quantitative estimate of drug-likeness (QED) is 0.547. The number of ether oxygens (including phenoxy) is 1. The summed E-state index contributed by atoms with van der Waals surface area (Å²) in [5.41, 5.74) is 2.82. The fraction of sp³-hybridized carbons (Fsp3) is 0.200. The molecule has 0 radical (unpaired) electrons. The van der Waals surface area contributed by atoms with Crippen LogP contribution in [0.4, 0.5) is 0 Å². The van der Waals surface area contributed by atoms with Crippen LogP contribution in [0.5, 0.6) is 5.75 Å². The molecule has 20 heavy (non-hydrogen) atoms. The third-order valence-electron chi connectivity index (χ3n) is 3.02. The number of hydrogen-bond acceptors (Lipinski definition) is 1. The van der Waals surface area contributed by atoms with Crippen LogP contribution in [0.15, 0.2) is 34.8 Å². The van der Waals surface area contributed by atoms with Gasteiger partial charge in [0.15, 0.2) is 0 Å². The van der Waals surface area contributed by atoms with E-state index in [0.717, 1.165) is 21.2 Å². The Morgan fingerprint density at radius 1 is 1.05 bits per heavy atom. The summed E-state index contributed by atoms with van der Waals surface area (Å²) in [4.78, 5) is 0. The van der Waals surface area contributed by atoms with Gasteiger partial charge in [-0.2, -0.15) is 0 Å². The van der Waals surface area contributed by atoms with Crippen LogP contribution in [0, 0.1) is 6.92 Å². The van der Waals surface area contributed by atoms with Crippen molar-refractivity contribution >= 4 is 50.7 Å². The van der Waals surface area contributed by atoms with Crippen LogP contribution in [-0.4, -0.2) is 7.11 Å². The first-order valence-corrected chi connectivity index (χ1v) is 7.85. The molecule has 0 spiro atoms. The Kier molecular flexibility index (Phi) is 5.25. The van der Waals surface area contributed by atoms with E-state index in [2.05, 4.69) is 15.9 Å². The Morgan fingerprint density at radius 3 is 2.35 bits per heavy atom. The zero-order chi connectivity index (χ0) is 14.9. The second-order valence-electron chi connectivity index (χ2n) is 4.37. The summed E-state index contributed by atoms with van der Waals surface area (Å²) < 4.78 is 6.20. The zero-order valence-corrected chi connectivity index (χ0v) is 14.7. The lowest BCUT2D eigenvalue weighted by atomic mass is 9.99. The SMILES string of the molecule is COc1c(Br)cc(Cl)cc1C(Cl)c1ccc(Cl)cc1C. The van der Waals surface area contributed by atoms with Gasteiger partial charge in [0.2, 0.25) is 0 Å². The maximum absolute atomic E-state index is 6.61. The van der Waals surface area contributed by atoms with Crippen molar-refractivity contribution in [3.05, 3.63) is 61.5 Å². The Labute approximate surface area is 141 Å². The highest BCUT2D eigenvalue weighted by atomic mass is 79.9. The molecule has 106 valence electrons. The van der Waals surface area contributed by atoms with E-state index in [0.29, 0.717) is 15.8 Å². The van der Waals surface area contributed by atoms with Crippen molar-refractivity contribution in [2.24, 2.45) is 0 Å². The average Bonchev–Trinajstić information content (AvgIpc) is 2.37. The maximum atomic E-state index is 6.61. The minimum atomic E-state index is -0.364. The number of alkyl halides is 1. The Bertz CT molecular complexity index is 643. The van der Waals surface area contributed by atoms with Gasteiger partial charge in [-0.25, -0.2) is 0 Å². The lowest BCUT2D eigenvalue weighted by molar-refractivity contribution is 0.407. The normalized spacial score (nSPS) is 12.3. The third-order valence-corrected chi connectivity index (χ3v) is 4.53. The first-order chi connectivity index (χ1) is 9.43. The predicted molar refractivity (Wildman–Crippen MR) is 89.6 cm³/mol. The number of benzene rings is 2. The molecule has 0 N–H and O–H groups in total. The third kappa shape index (κ3) is 3.25. The molecule has 5 heteroatoms. The molecule has 0 heterocycles. The van der Waals surface area contributed by atoms with Crippen molar-refractivity contribution in [1.29, 1.82) is 0 Å². The summed E-state index contributed by atoms with van der Waals surface area (Å²) in [6.07, 6.45) is 0. The number of halogens is 4. The Morgan fingerprint density at radius 2 is 1.75 bits per heavy atom. The highest BCUT2D eigenvalue weighted by Gasteiger charge is 2.20. The van der Waals surface area contributed by atoms with Crippen LogP contribution in [0.2, 0.25) is 10.0 Å². The molecule has 0 saturated heterocycles. The van der Waals surface area contributed by atoms with Gasteiger partial charge in [-0.3, -0.25) is 0 Å². The average molecular weight is 395 g/mol. The molecule has 1 unspecified atom stereocenters. The molecule has 2 aromatic rings. The fourth-order valence-electron chi connectivity index (χ4n) is 2.07. The second kappa shape index (κ2) is 6.57. The number of methoxy groups -OCH3 is 1. The van der Waals surface area contributed by atoms with Crippen LogP contribution >= 0.6 is 50.7 Å². The van der Waals surface area contributed by atoms with Gasteiger partial charge in [-0.05, 0) is 58.2 Å². The molecule has 0 aliphatic rings. The zero-order valence-electron chi connectivity index (χ0n) is 10.9. The highest BCUT2D eigenvalue weighted by molar-refractivity contribution is 9.10. The van der Waals surface area contributed by atoms with Crippen LogP contribution in [0.3, 0.4) is 0 Å². The molecular weight excluding hydrogens is 382 g/mol. The monoisotopic (exact) mass is 392 g/mol. The van der Waals surface area contributed by atoms with Gasteiger partial charge < -0.3 is 4.74 Å². The fourth-order valence-corrected chi connectivity index (χ4v) is 3.70. The first kappa shape index (κ1) is 16.0. The standard InChI is InChI=1S/C15H12BrCl3O/c1-8-5-9(17)3-4-11(8)14(19)12-6-10(18)7-13(16)15(12)20-2/h3-7,14H,1-2H3. The topological polar surface area (TPSA) is 9.23 Å². The summed E-state index contributed by atoms with van der Waals surface area (Å²) in [6.45, 7) is 1.97. The van der Waals surface area contributed by atoms with Crippen LogP contribution in [0.1, 0.15) is 22.1 Å². The molecule has 0 aromatic heterocycles. The van der Waals surface area contributed by atoms with E-state index in [1.165, 1.54) is 0 Å². The lowest BCUT2D eigenvalue weighted by Gasteiger charge is -2.18. The number of aryl methyl sites for hydroxylation is 1. The van der Waals surface area contributed by atoms with E-state index in [-0.39, 0.29) is 5.38 Å². The van der Waals surface area contributed by atoms with E-state index < -0.39 is 0 Å². The molecule has 0 amide bonds. The van der Waals surface area contributed by atoms with Gasteiger partial charge in [0, 0.05) is 15.6 Å². The Hall–Kier alpha value is -0.410. The maximum Gasteiger partial charge on any atom is 0.138 e. The highest BCUT2D eigenvalue weighted by Crippen LogP contribution is 2.42. The minimum absolute atomic E-state index is 0.364. The van der Waals surface area contributed by atoms with Crippen molar-refractivity contribution in [2.75, 3.05) is 7.11 Å². The van der Waals surface area contributed by atoms with Gasteiger partial charge in [0.05, 0.1) is 17.0 Å². The molecule has 1 nitrogen and oxygen atoms in total. The van der Waals surface area contributed by atoms with Crippen molar-refractivity contribution in [3.63, 3.8) is 0 Å². The summed E-state index contributed by atoms with van der Waals surface area (Å²) in [7, 11) is 1.61. The second-order valence-corrected chi connectivity index (χ2v) is 6.54. The summed E-state index contributed by atoms with van der Waals surface area (Å²) in [5.74, 6) is 0.684. The van der Waals surface area contributed by atoms with Crippen molar-refractivity contribution in [3.8, 4) is 5.75 Å². The van der Waals surface area contributed by atoms with E-state index in [1.807, 2.05) is 31.2 Å². The van der Waals surface area contributed by atoms with Crippen molar-refractivity contribution in [2.45, 2.75) is 12.3 Å². The summed E-state index contributed by atoms with van der Waals surface area (Å²) in [5, 5.41) is 0.927. The molecule has 2 aromatic carbocycles. The van der Waals surface area contributed by atoms with E-state index >= 15 is 0 Å². The predicted octanol–water partition coefficient (Wildman–Crippen LogP) is 6.40. The Balaban J connectivity index is 2.55. The van der Waals surface area contributed by atoms with Crippen molar-refractivity contribution < 1.29 is 4.74 Å². The molecule has 0 aliphatic carbocycles. The molecule has 1 atom stereocenters.